The van der Waals surface area contributed by atoms with Crippen molar-refractivity contribution < 1.29 is 18.8 Å². The summed E-state index contributed by atoms with van der Waals surface area (Å²) in [5.41, 5.74) is 0.883. The van der Waals surface area contributed by atoms with E-state index in [1.54, 1.807) is 13.0 Å². The van der Waals surface area contributed by atoms with Crippen LogP contribution < -0.4 is 15.5 Å². The molecule has 2 aromatic carbocycles. The number of hydrogen-bond donors (Lipinski definition) is 2. The Labute approximate surface area is 159 Å². The zero-order valence-electron chi connectivity index (χ0n) is 14.2. The van der Waals surface area contributed by atoms with E-state index in [1.165, 1.54) is 48.5 Å². The molecular weight excluding hydrogens is 373 g/mol. The van der Waals surface area contributed by atoms with Crippen LogP contribution in [0.15, 0.2) is 60.3 Å². The van der Waals surface area contributed by atoms with E-state index in [9.17, 15) is 18.8 Å². The van der Waals surface area contributed by atoms with Gasteiger partial charge >= 0.3 is 6.03 Å². The number of hydrogen-bond acceptors (Lipinski definition) is 4. The number of rotatable bonds is 4. The summed E-state index contributed by atoms with van der Waals surface area (Å²) in [4.78, 5) is 38.4. The number of amides is 4. The molecule has 0 bridgehead atoms. The molecule has 8 heteroatoms. The Balaban J connectivity index is 1.92. The van der Waals surface area contributed by atoms with Crippen molar-refractivity contribution in [2.24, 2.45) is 5.92 Å². The molecule has 0 aliphatic carbocycles. The van der Waals surface area contributed by atoms with Crippen molar-refractivity contribution >= 4 is 40.8 Å². The molecule has 1 aliphatic heterocycles. The van der Waals surface area contributed by atoms with Gasteiger partial charge in [0.2, 0.25) is 5.91 Å². The number of carbonyl (C=O) groups excluding carboxylic acids is 3. The molecule has 1 saturated heterocycles. The summed E-state index contributed by atoms with van der Waals surface area (Å²) in [5, 5.41) is 5.49. The number of barbiturate groups is 1. The SMILES string of the molecule is C/C=C(/Nc1cccc(F)c1)[C@@H]1C(=O)NC(=O)N(c2ccc(Cl)cc2)C1=O. The lowest BCUT2D eigenvalue weighted by molar-refractivity contribution is -0.132. The molecule has 1 aliphatic rings. The van der Waals surface area contributed by atoms with Crippen LogP contribution in [0, 0.1) is 11.7 Å². The Morgan fingerprint density at radius 3 is 2.52 bits per heavy atom. The lowest BCUT2D eigenvalue weighted by Crippen LogP contribution is -2.59. The van der Waals surface area contributed by atoms with Crippen molar-refractivity contribution in [1.29, 1.82) is 0 Å². The number of nitrogens with zero attached hydrogens (tertiary/aromatic N) is 1. The quantitative estimate of drug-likeness (QED) is 0.784. The molecule has 138 valence electrons. The number of halogens is 2. The second-order valence-corrected chi connectivity index (χ2v) is 6.19. The van der Waals surface area contributed by atoms with Crippen LogP contribution in [0.3, 0.4) is 0 Å². The van der Waals surface area contributed by atoms with Gasteiger partial charge in [-0.05, 0) is 49.4 Å². The lowest BCUT2D eigenvalue weighted by atomic mass is 9.99. The highest BCUT2D eigenvalue weighted by Crippen LogP contribution is 2.27. The molecule has 0 radical (unpaired) electrons. The largest absolute Gasteiger partial charge is 0.358 e. The number of nitrogens with one attached hydrogen (secondary N) is 2. The first-order chi connectivity index (χ1) is 12.9. The van der Waals surface area contributed by atoms with E-state index in [4.69, 9.17) is 11.6 Å². The predicted octanol–water partition coefficient (Wildman–Crippen LogP) is 3.69. The fourth-order valence-corrected chi connectivity index (χ4v) is 2.85. The van der Waals surface area contributed by atoms with Crippen LogP contribution >= 0.6 is 11.6 Å². The van der Waals surface area contributed by atoms with Gasteiger partial charge < -0.3 is 5.32 Å². The monoisotopic (exact) mass is 387 g/mol. The van der Waals surface area contributed by atoms with Gasteiger partial charge in [-0.1, -0.05) is 23.7 Å². The van der Waals surface area contributed by atoms with Gasteiger partial charge in [0.1, 0.15) is 5.82 Å². The molecule has 4 amide bonds. The normalized spacial score (nSPS) is 17.7. The van der Waals surface area contributed by atoms with Crippen LogP contribution in [0.4, 0.5) is 20.6 Å². The van der Waals surface area contributed by atoms with Gasteiger partial charge in [0.15, 0.2) is 5.92 Å². The van der Waals surface area contributed by atoms with E-state index in [0.717, 1.165) is 4.90 Å². The number of carbonyl (C=O) groups is 3. The van der Waals surface area contributed by atoms with Crippen LogP contribution in [0.5, 0.6) is 0 Å². The van der Waals surface area contributed by atoms with Gasteiger partial charge in [-0.15, -0.1) is 0 Å². The standard InChI is InChI=1S/C19H15ClFN3O3/c1-2-15(22-13-5-3-4-12(21)10-13)16-17(25)23-19(27)24(18(16)26)14-8-6-11(20)7-9-14/h2-10,16,22H,1H3,(H,23,25,27)/b15-2+/t16-/m1/s1. The fourth-order valence-electron chi connectivity index (χ4n) is 2.73. The summed E-state index contributed by atoms with van der Waals surface area (Å²) >= 11 is 5.84. The van der Waals surface area contributed by atoms with Crippen molar-refractivity contribution in [1.82, 2.24) is 5.32 Å². The third kappa shape index (κ3) is 3.83. The molecule has 1 fully saturated rings. The van der Waals surface area contributed by atoms with Gasteiger partial charge in [-0.25, -0.2) is 14.1 Å². The van der Waals surface area contributed by atoms with Gasteiger partial charge in [0.25, 0.3) is 5.91 Å². The molecule has 0 saturated carbocycles. The maximum Gasteiger partial charge on any atom is 0.335 e. The summed E-state index contributed by atoms with van der Waals surface area (Å²) in [6.45, 7) is 1.63. The minimum atomic E-state index is -1.29. The first-order valence-electron chi connectivity index (χ1n) is 8.04. The van der Waals surface area contributed by atoms with Crippen molar-refractivity contribution in [3.05, 3.63) is 71.1 Å². The topological polar surface area (TPSA) is 78.5 Å². The predicted molar refractivity (Wildman–Crippen MR) is 99.7 cm³/mol. The van der Waals surface area contributed by atoms with Crippen molar-refractivity contribution in [2.75, 3.05) is 10.2 Å². The lowest BCUT2D eigenvalue weighted by Gasteiger charge is -2.31. The Bertz CT molecular complexity index is 943. The minimum absolute atomic E-state index is 0.231. The van der Waals surface area contributed by atoms with Crippen LogP contribution in [-0.2, 0) is 9.59 Å². The van der Waals surface area contributed by atoms with Crippen molar-refractivity contribution in [2.45, 2.75) is 6.92 Å². The highest BCUT2D eigenvalue weighted by molar-refractivity contribution is 6.31. The van der Waals surface area contributed by atoms with Gasteiger partial charge in [0, 0.05) is 16.4 Å². The number of anilines is 2. The zero-order valence-corrected chi connectivity index (χ0v) is 15.0. The molecule has 2 aromatic rings. The number of allylic oxidation sites excluding steroid dienone is 1. The van der Waals surface area contributed by atoms with Crippen LogP contribution in [0.1, 0.15) is 6.92 Å². The Kier molecular flexibility index (Phi) is 5.23. The molecule has 0 spiro atoms. The maximum atomic E-state index is 13.4. The first kappa shape index (κ1) is 18.6. The molecule has 0 aromatic heterocycles. The number of benzene rings is 2. The Morgan fingerprint density at radius 2 is 1.89 bits per heavy atom. The third-order valence-electron chi connectivity index (χ3n) is 3.98. The molecule has 2 N–H and O–H groups in total. The minimum Gasteiger partial charge on any atom is -0.358 e. The van der Waals surface area contributed by atoms with Crippen molar-refractivity contribution in [3.8, 4) is 0 Å². The van der Waals surface area contributed by atoms with Gasteiger partial charge in [0.05, 0.1) is 5.69 Å². The Morgan fingerprint density at radius 1 is 1.19 bits per heavy atom. The zero-order chi connectivity index (χ0) is 19.6. The number of urea groups is 1. The average Bonchev–Trinajstić information content (AvgIpc) is 2.62. The van der Waals surface area contributed by atoms with E-state index >= 15 is 0 Å². The highest BCUT2D eigenvalue weighted by atomic mass is 35.5. The molecular formula is C19H15ClFN3O3. The van der Waals surface area contributed by atoms with E-state index in [1.807, 2.05) is 0 Å². The second-order valence-electron chi connectivity index (χ2n) is 5.76. The summed E-state index contributed by atoms with van der Waals surface area (Å²) in [6, 6.07) is 10.8. The van der Waals surface area contributed by atoms with E-state index in [-0.39, 0.29) is 11.4 Å². The number of imide groups is 2. The summed E-state index contributed by atoms with van der Waals surface area (Å²) in [7, 11) is 0. The Hall–Kier alpha value is -3.19. The smallest absolute Gasteiger partial charge is 0.335 e. The fraction of sp³-hybridized carbons (Fsp3) is 0.105. The molecule has 6 nitrogen and oxygen atoms in total. The molecule has 1 atom stereocenters. The third-order valence-corrected chi connectivity index (χ3v) is 4.23. The summed E-state index contributed by atoms with van der Waals surface area (Å²) < 4.78 is 13.4. The molecule has 0 unspecified atom stereocenters. The van der Waals surface area contributed by atoms with Gasteiger partial charge in [-0.3, -0.25) is 14.9 Å². The van der Waals surface area contributed by atoms with E-state index in [2.05, 4.69) is 10.6 Å². The first-order valence-corrected chi connectivity index (χ1v) is 8.41. The molecule has 27 heavy (non-hydrogen) atoms. The van der Waals surface area contributed by atoms with Crippen LogP contribution in [0.25, 0.3) is 0 Å². The second kappa shape index (κ2) is 7.59. The van der Waals surface area contributed by atoms with E-state index < -0.39 is 29.6 Å². The van der Waals surface area contributed by atoms with Crippen LogP contribution in [-0.4, -0.2) is 17.8 Å². The van der Waals surface area contributed by atoms with E-state index in [0.29, 0.717) is 10.7 Å². The molecule has 3 rings (SSSR count). The summed E-state index contributed by atoms with van der Waals surface area (Å²) in [6.07, 6.45) is 1.53. The van der Waals surface area contributed by atoms with Gasteiger partial charge in [-0.2, -0.15) is 0 Å². The molecule has 1 heterocycles. The highest BCUT2D eigenvalue weighted by Gasteiger charge is 2.43. The maximum absolute atomic E-state index is 13.4. The van der Waals surface area contributed by atoms with Crippen molar-refractivity contribution in [3.63, 3.8) is 0 Å². The summed E-state index contributed by atoms with van der Waals surface area (Å²) in [5.74, 6) is -3.23. The van der Waals surface area contributed by atoms with Crippen LogP contribution in [0.2, 0.25) is 5.02 Å². The average molecular weight is 388 g/mol.